The van der Waals surface area contributed by atoms with Crippen LogP contribution in [0.2, 0.25) is 0 Å². The first-order valence-electron chi connectivity index (χ1n) is 8.04. The van der Waals surface area contributed by atoms with Gasteiger partial charge >= 0.3 is 6.03 Å². The Kier molecular flexibility index (Phi) is 4.59. The Labute approximate surface area is 137 Å². The van der Waals surface area contributed by atoms with E-state index >= 15 is 0 Å². The Morgan fingerprint density at radius 1 is 1.17 bits per heavy atom. The second-order valence-corrected chi connectivity index (χ2v) is 8.31. The molecule has 126 valence electrons. The highest BCUT2D eigenvalue weighted by molar-refractivity contribution is 7.90. The highest BCUT2D eigenvalue weighted by atomic mass is 32.2. The van der Waals surface area contributed by atoms with Gasteiger partial charge in [-0.1, -0.05) is 18.6 Å². The van der Waals surface area contributed by atoms with Crippen molar-refractivity contribution in [3.63, 3.8) is 0 Å². The van der Waals surface area contributed by atoms with Crippen molar-refractivity contribution in [3.05, 3.63) is 24.3 Å². The van der Waals surface area contributed by atoms with Crippen LogP contribution in [0.5, 0.6) is 0 Å². The Bertz CT molecular complexity index is 690. The number of para-hydroxylation sites is 1. The fourth-order valence-corrected chi connectivity index (χ4v) is 4.27. The van der Waals surface area contributed by atoms with Crippen LogP contribution < -0.4 is 5.32 Å². The molecule has 2 aliphatic rings. The van der Waals surface area contributed by atoms with Gasteiger partial charge in [0.25, 0.3) is 0 Å². The maximum absolute atomic E-state index is 12.5. The molecule has 1 unspecified atom stereocenters. The van der Waals surface area contributed by atoms with Crippen LogP contribution in [0.3, 0.4) is 0 Å². The van der Waals surface area contributed by atoms with E-state index in [2.05, 4.69) is 10.2 Å². The first kappa shape index (κ1) is 16.3. The van der Waals surface area contributed by atoms with Crippen molar-refractivity contribution >= 4 is 21.6 Å². The number of carbonyl (C=O) groups is 1. The maximum Gasteiger partial charge on any atom is 0.321 e. The van der Waals surface area contributed by atoms with Gasteiger partial charge in [-0.2, -0.15) is 0 Å². The molecule has 0 aliphatic carbocycles. The fraction of sp³-hybridized carbons (Fsp3) is 0.562. The molecule has 2 heterocycles. The maximum atomic E-state index is 12.5. The third-order valence-corrected chi connectivity index (χ3v) is 5.81. The zero-order valence-electron chi connectivity index (χ0n) is 13.4. The SMILES string of the molecule is CS(=O)(=O)c1ccccc1NC(=O)N1CCN2CCCCC2C1. The molecule has 3 rings (SSSR count). The number of anilines is 1. The number of benzene rings is 1. The van der Waals surface area contributed by atoms with Gasteiger partial charge in [-0.05, 0) is 31.5 Å². The molecule has 7 heteroatoms. The smallest absolute Gasteiger partial charge is 0.321 e. The summed E-state index contributed by atoms with van der Waals surface area (Å²) in [6.07, 6.45) is 4.74. The van der Waals surface area contributed by atoms with Gasteiger partial charge in [0.2, 0.25) is 0 Å². The predicted molar refractivity (Wildman–Crippen MR) is 89.4 cm³/mol. The Morgan fingerprint density at radius 2 is 1.96 bits per heavy atom. The number of nitrogens with one attached hydrogen (secondary N) is 1. The minimum atomic E-state index is -3.37. The minimum absolute atomic E-state index is 0.157. The number of urea groups is 1. The topological polar surface area (TPSA) is 69.7 Å². The molecular weight excluding hydrogens is 314 g/mol. The van der Waals surface area contributed by atoms with Crippen LogP contribution >= 0.6 is 0 Å². The number of fused-ring (bicyclic) bond motifs is 1. The molecule has 2 fully saturated rings. The molecular formula is C16H23N3O3S. The van der Waals surface area contributed by atoms with E-state index in [4.69, 9.17) is 0 Å². The first-order chi connectivity index (χ1) is 10.9. The van der Waals surface area contributed by atoms with Crippen LogP contribution in [0.1, 0.15) is 19.3 Å². The van der Waals surface area contributed by atoms with Crippen molar-refractivity contribution in [3.8, 4) is 0 Å². The van der Waals surface area contributed by atoms with E-state index in [1.165, 1.54) is 18.9 Å². The summed E-state index contributed by atoms with van der Waals surface area (Å²) < 4.78 is 23.7. The summed E-state index contributed by atoms with van der Waals surface area (Å²) in [6.45, 7) is 3.42. The average molecular weight is 337 g/mol. The third-order valence-electron chi connectivity index (χ3n) is 4.65. The molecule has 0 bridgehead atoms. The van der Waals surface area contributed by atoms with E-state index in [0.717, 1.165) is 25.8 Å². The summed E-state index contributed by atoms with van der Waals surface area (Å²) in [5.74, 6) is 0. The van der Waals surface area contributed by atoms with Gasteiger partial charge < -0.3 is 10.2 Å². The number of hydrogen-bond donors (Lipinski definition) is 1. The summed E-state index contributed by atoms with van der Waals surface area (Å²) in [4.78, 5) is 16.9. The number of rotatable bonds is 2. The lowest BCUT2D eigenvalue weighted by Crippen LogP contribution is -2.56. The third kappa shape index (κ3) is 3.67. The lowest BCUT2D eigenvalue weighted by atomic mass is 10.00. The molecule has 1 aromatic carbocycles. The van der Waals surface area contributed by atoms with Crippen molar-refractivity contribution in [1.29, 1.82) is 0 Å². The highest BCUT2D eigenvalue weighted by Crippen LogP contribution is 2.23. The molecule has 0 radical (unpaired) electrons. The normalized spacial score (nSPS) is 22.5. The Hall–Kier alpha value is -1.60. The second kappa shape index (κ2) is 6.49. The monoisotopic (exact) mass is 337 g/mol. The van der Waals surface area contributed by atoms with E-state index in [0.29, 0.717) is 24.8 Å². The van der Waals surface area contributed by atoms with E-state index in [-0.39, 0.29) is 10.9 Å². The van der Waals surface area contributed by atoms with E-state index in [1.54, 1.807) is 23.1 Å². The lowest BCUT2D eigenvalue weighted by molar-refractivity contribution is 0.0678. The van der Waals surface area contributed by atoms with Crippen molar-refractivity contribution in [2.45, 2.75) is 30.2 Å². The summed E-state index contributed by atoms with van der Waals surface area (Å²) in [6, 6.07) is 6.76. The first-order valence-corrected chi connectivity index (χ1v) is 9.93. The van der Waals surface area contributed by atoms with Crippen LogP contribution in [-0.2, 0) is 9.84 Å². The predicted octanol–water partition coefficient (Wildman–Crippen LogP) is 1.79. The number of carbonyl (C=O) groups excluding carboxylic acids is 1. The van der Waals surface area contributed by atoms with Crippen LogP contribution in [0, 0.1) is 0 Å². The van der Waals surface area contributed by atoms with Crippen LogP contribution in [0.4, 0.5) is 10.5 Å². The standard InChI is InChI=1S/C16H23N3O3S/c1-23(21,22)15-8-3-2-7-14(15)17-16(20)19-11-10-18-9-5-4-6-13(18)12-19/h2-3,7-8,13H,4-6,9-12H2,1H3,(H,17,20). The van der Waals surface area contributed by atoms with Gasteiger partial charge in [-0.3, -0.25) is 4.90 Å². The summed E-state index contributed by atoms with van der Waals surface area (Å²) >= 11 is 0. The number of piperidine rings is 1. The number of piperazine rings is 1. The van der Waals surface area contributed by atoms with Crippen molar-refractivity contribution in [1.82, 2.24) is 9.80 Å². The molecule has 0 aromatic heterocycles. The van der Waals surface area contributed by atoms with Crippen molar-refractivity contribution < 1.29 is 13.2 Å². The highest BCUT2D eigenvalue weighted by Gasteiger charge is 2.31. The molecule has 1 N–H and O–H groups in total. The van der Waals surface area contributed by atoms with Crippen LogP contribution in [0.25, 0.3) is 0 Å². The molecule has 2 saturated heterocycles. The van der Waals surface area contributed by atoms with Gasteiger partial charge in [0, 0.05) is 31.9 Å². The van der Waals surface area contributed by atoms with Gasteiger partial charge in [0.05, 0.1) is 10.6 Å². The number of sulfone groups is 1. The minimum Gasteiger partial charge on any atom is -0.322 e. The van der Waals surface area contributed by atoms with Gasteiger partial charge in [-0.15, -0.1) is 0 Å². The fourth-order valence-electron chi connectivity index (χ4n) is 3.43. The van der Waals surface area contributed by atoms with Gasteiger partial charge in [0.1, 0.15) is 0 Å². The average Bonchev–Trinajstić information content (AvgIpc) is 2.54. The van der Waals surface area contributed by atoms with E-state index in [9.17, 15) is 13.2 Å². The zero-order valence-corrected chi connectivity index (χ0v) is 14.2. The molecule has 23 heavy (non-hydrogen) atoms. The second-order valence-electron chi connectivity index (χ2n) is 6.33. The van der Waals surface area contributed by atoms with Crippen LogP contribution in [-0.4, -0.2) is 62.7 Å². The molecule has 2 aliphatic heterocycles. The summed E-state index contributed by atoms with van der Waals surface area (Å²) in [5, 5.41) is 2.77. The molecule has 1 atom stereocenters. The molecule has 1 aromatic rings. The Morgan fingerprint density at radius 3 is 2.74 bits per heavy atom. The summed E-state index contributed by atoms with van der Waals surface area (Å²) in [7, 11) is -3.37. The molecule has 6 nitrogen and oxygen atoms in total. The quantitative estimate of drug-likeness (QED) is 0.893. The number of nitrogens with zero attached hydrogens (tertiary/aromatic N) is 2. The van der Waals surface area contributed by atoms with Crippen LogP contribution in [0.15, 0.2) is 29.2 Å². The molecule has 2 amide bonds. The van der Waals surface area contributed by atoms with Gasteiger partial charge in [0.15, 0.2) is 9.84 Å². The van der Waals surface area contributed by atoms with Crippen molar-refractivity contribution in [2.75, 3.05) is 37.8 Å². The van der Waals surface area contributed by atoms with E-state index in [1.807, 2.05) is 0 Å². The lowest BCUT2D eigenvalue weighted by Gasteiger charge is -2.43. The molecule has 0 saturated carbocycles. The van der Waals surface area contributed by atoms with Crippen molar-refractivity contribution in [2.24, 2.45) is 0 Å². The zero-order chi connectivity index (χ0) is 16.4. The van der Waals surface area contributed by atoms with Gasteiger partial charge in [-0.25, -0.2) is 13.2 Å². The largest absolute Gasteiger partial charge is 0.322 e. The Balaban J connectivity index is 1.70. The summed E-state index contributed by atoms with van der Waals surface area (Å²) in [5.41, 5.74) is 0.353. The van der Waals surface area contributed by atoms with E-state index < -0.39 is 9.84 Å². The number of amides is 2. The molecule has 0 spiro atoms. The number of hydrogen-bond acceptors (Lipinski definition) is 4.